The Labute approximate surface area is 116 Å². The van der Waals surface area contributed by atoms with Gasteiger partial charge in [0.1, 0.15) is 0 Å². The van der Waals surface area contributed by atoms with E-state index in [-0.39, 0.29) is 6.04 Å². The summed E-state index contributed by atoms with van der Waals surface area (Å²) in [6.45, 7) is 3.85. The molecule has 0 saturated carbocycles. The minimum absolute atomic E-state index is 0.0250. The van der Waals surface area contributed by atoms with Crippen LogP contribution in [-0.2, 0) is 0 Å². The molecule has 1 aliphatic rings. The van der Waals surface area contributed by atoms with Crippen molar-refractivity contribution in [3.8, 4) is 0 Å². The molecule has 2 aromatic heterocycles. The van der Waals surface area contributed by atoms with Crippen molar-refractivity contribution in [2.24, 2.45) is 0 Å². The summed E-state index contributed by atoms with van der Waals surface area (Å²) in [5.74, 6) is 0.817. The summed E-state index contributed by atoms with van der Waals surface area (Å²) >= 11 is 0. The molecule has 1 N–H and O–H groups in total. The molecule has 0 bridgehead atoms. The third-order valence-corrected chi connectivity index (χ3v) is 3.80. The second-order valence-corrected chi connectivity index (χ2v) is 5.01. The molecule has 0 radical (unpaired) electrons. The SMILES string of the molecule is CC1CCN(c2nccn3ccnc23)CCN1C(=O)O. The smallest absolute Gasteiger partial charge is 0.407 e. The fourth-order valence-electron chi connectivity index (χ4n) is 2.62. The Morgan fingerprint density at radius 1 is 1.25 bits per heavy atom. The van der Waals surface area contributed by atoms with Crippen molar-refractivity contribution in [1.29, 1.82) is 0 Å². The van der Waals surface area contributed by atoms with Crippen LogP contribution in [0.3, 0.4) is 0 Å². The molecule has 3 rings (SSSR count). The van der Waals surface area contributed by atoms with Crippen LogP contribution in [-0.4, -0.2) is 56.1 Å². The van der Waals surface area contributed by atoms with E-state index < -0.39 is 6.09 Å². The quantitative estimate of drug-likeness (QED) is 0.849. The Balaban J connectivity index is 1.88. The molecular formula is C13H17N5O2. The molecule has 2 aromatic rings. The highest BCUT2D eigenvalue weighted by Crippen LogP contribution is 2.20. The molecule has 0 aliphatic carbocycles. The van der Waals surface area contributed by atoms with E-state index in [1.165, 1.54) is 4.90 Å². The number of fused-ring (bicyclic) bond motifs is 1. The first-order chi connectivity index (χ1) is 9.66. The van der Waals surface area contributed by atoms with Gasteiger partial charge in [0.25, 0.3) is 0 Å². The predicted molar refractivity (Wildman–Crippen MR) is 74.0 cm³/mol. The summed E-state index contributed by atoms with van der Waals surface area (Å²) in [6, 6.07) is 0.0250. The van der Waals surface area contributed by atoms with Crippen LogP contribution in [0.1, 0.15) is 13.3 Å². The lowest BCUT2D eigenvalue weighted by molar-refractivity contribution is 0.131. The first kappa shape index (κ1) is 12.7. The van der Waals surface area contributed by atoms with Gasteiger partial charge in [0.05, 0.1) is 0 Å². The van der Waals surface area contributed by atoms with Gasteiger partial charge >= 0.3 is 6.09 Å². The standard InChI is InChI=1S/C13H17N5O2/c1-10-2-5-16(8-9-18(10)13(19)20)11-12-15-4-7-17(12)6-3-14-11/h3-4,6-7,10H,2,5,8-9H2,1H3,(H,19,20). The monoisotopic (exact) mass is 275 g/mol. The maximum absolute atomic E-state index is 11.2. The van der Waals surface area contributed by atoms with Crippen molar-refractivity contribution in [1.82, 2.24) is 19.3 Å². The summed E-state index contributed by atoms with van der Waals surface area (Å²) in [7, 11) is 0. The van der Waals surface area contributed by atoms with E-state index in [2.05, 4.69) is 14.9 Å². The molecule has 1 unspecified atom stereocenters. The van der Waals surface area contributed by atoms with Crippen LogP contribution >= 0.6 is 0 Å². The molecule has 7 heteroatoms. The van der Waals surface area contributed by atoms with Gasteiger partial charge in [-0.25, -0.2) is 14.8 Å². The van der Waals surface area contributed by atoms with Crippen LogP contribution in [0.25, 0.3) is 5.65 Å². The van der Waals surface area contributed by atoms with E-state index in [1.54, 1.807) is 12.4 Å². The number of carbonyl (C=O) groups is 1. The Kier molecular flexibility index (Phi) is 3.17. The average molecular weight is 275 g/mol. The van der Waals surface area contributed by atoms with E-state index in [4.69, 9.17) is 0 Å². The molecule has 1 atom stereocenters. The molecule has 0 aromatic carbocycles. The number of amides is 1. The van der Waals surface area contributed by atoms with Crippen molar-refractivity contribution in [2.75, 3.05) is 24.5 Å². The average Bonchev–Trinajstić information content (AvgIpc) is 2.82. The van der Waals surface area contributed by atoms with Gasteiger partial charge < -0.3 is 19.3 Å². The summed E-state index contributed by atoms with van der Waals surface area (Å²) in [6.07, 6.45) is 7.15. The zero-order chi connectivity index (χ0) is 14.1. The van der Waals surface area contributed by atoms with Crippen LogP contribution in [0.15, 0.2) is 24.8 Å². The van der Waals surface area contributed by atoms with Crippen molar-refractivity contribution in [2.45, 2.75) is 19.4 Å². The van der Waals surface area contributed by atoms with Gasteiger partial charge in [-0.3, -0.25) is 0 Å². The van der Waals surface area contributed by atoms with Gasteiger partial charge in [-0.2, -0.15) is 0 Å². The molecule has 20 heavy (non-hydrogen) atoms. The first-order valence-corrected chi connectivity index (χ1v) is 6.69. The fourth-order valence-corrected chi connectivity index (χ4v) is 2.62. The Hall–Kier alpha value is -2.31. The highest BCUT2D eigenvalue weighted by Gasteiger charge is 2.25. The Morgan fingerprint density at radius 2 is 2.00 bits per heavy atom. The zero-order valence-corrected chi connectivity index (χ0v) is 11.3. The maximum Gasteiger partial charge on any atom is 0.407 e. The third-order valence-electron chi connectivity index (χ3n) is 3.80. The van der Waals surface area contributed by atoms with Crippen LogP contribution in [0, 0.1) is 0 Å². The maximum atomic E-state index is 11.2. The van der Waals surface area contributed by atoms with Crippen LogP contribution < -0.4 is 4.90 Å². The highest BCUT2D eigenvalue weighted by atomic mass is 16.4. The summed E-state index contributed by atoms with van der Waals surface area (Å²) in [5.41, 5.74) is 0.809. The van der Waals surface area contributed by atoms with Gasteiger partial charge in [-0.15, -0.1) is 0 Å². The minimum atomic E-state index is -0.855. The number of imidazole rings is 1. The van der Waals surface area contributed by atoms with E-state index in [9.17, 15) is 9.90 Å². The molecular weight excluding hydrogens is 258 g/mol. The van der Waals surface area contributed by atoms with E-state index >= 15 is 0 Å². The lowest BCUT2D eigenvalue weighted by Gasteiger charge is -2.23. The highest BCUT2D eigenvalue weighted by molar-refractivity contribution is 5.67. The third kappa shape index (κ3) is 2.15. The van der Waals surface area contributed by atoms with E-state index in [1.807, 2.05) is 23.7 Å². The Bertz CT molecular complexity index is 626. The van der Waals surface area contributed by atoms with E-state index in [0.717, 1.165) is 24.4 Å². The molecule has 7 nitrogen and oxygen atoms in total. The number of rotatable bonds is 1. The molecule has 1 aliphatic heterocycles. The Morgan fingerprint density at radius 3 is 2.75 bits per heavy atom. The lowest BCUT2D eigenvalue weighted by atomic mass is 10.2. The zero-order valence-electron chi connectivity index (χ0n) is 11.3. The molecule has 1 saturated heterocycles. The number of hydrogen-bond donors (Lipinski definition) is 1. The lowest BCUT2D eigenvalue weighted by Crippen LogP contribution is -2.38. The number of hydrogen-bond acceptors (Lipinski definition) is 4. The van der Waals surface area contributed by atoms with Crippen LogP contribution in [0.4, 0.5) is 10.6 Å². The van der Waals surface area contributed by atoms with Crippen LogP contribution in [0.2, 0.25) is 0 Å². The summed E-state index contributed by atoms with van der Waals surface area (Å²) in [5, 5.41) is 9.20. The predicted octanol–water partition coefficient (Wildman–Crippen LogP) is 1.31. The molecule has 1 fully saturated rings. The number of anilines is 1. The van der Waals surface area contributed by atoms with Crippen molar-refractivity contribution >= 4 is 17.6 Å². The van der Waals surface area contributed by atoms with Crippen molar-refractivity contribution in [3.05, 3.63) is 24.8 Å². The van der Waals surface area contributed by atoms with Crippen molar-refractivity contribution < 1.29 is 9.90 Å². The summed E-state index contributed by atoms with van der Waals surface area (Å²) in [4.78, 5) is 23.6. The van der Waals surface area contributed by atoms with Crippen molar-refractivity contribution in [3.63, 3.8) is 0 Å². The second-order valence-electron chi connectivity index (χ2n) is 5.01. The van der Waals surface area contributed by atoms with Gasteiger partial charge in [0.15, 0.2) is 11.5 Å². The topological polar surface area (TPSA) is 74.0 Å². The first-order valence-electron chi connectivity index (χ1n) is 6.69. The normalized spacial score (nSPS) is 20.1. The van der Waals surface area contributed by atoms with Gasteiger partial charge in [-0.1, -0.05) is 0 Å². The summed E-state index contributed by atoms with van der Waals surface area (Å²) < 4.78 is 1.92. The van der Waals surface area contributed by atoms with Gasteiger partial charge in [0.2, 0.25) is 0 Å². The molecule has 1 amide bonds. The molecule has 3 heterocycles. The fraction of sp³-hybridized carbons (Fsp3) is 0.462. The largest absolute Gasteiger partial charge is 0.465 e. The molecule has 106 valence electrons. The number of nitrogens with zero attached hydrogens (tertiary/aromatic N) is 5. The minimum Gasteiger partial charge on any atom is -0.465 e. The number of carboxylic acid groups (broad SMARTS) is 1. The second kappa shape index (κ2) is 4.99. The van der Waals surface area contributed by atoms with Gasteiger partial charge in [0, 0.05) is 50.5 Å². The number of aromatic nitrogens is 3. The molecule has 0 spiro atoms. The van der Waals surface area contributed by atoms with E-state index in [0.29, 0.717) is 13.1 Å². The van der Waals surface area contributed by atoms with Gasteiger partial charge in [-0.05, 0) is 13.3 Å². The van der Waals surface area contributed by atoms with Crippen LogP contribution in [0.5, 0.6) is 0 Å².